The van der Waals surface area contributed by atoms with Crippen molar-refractivity contribution in [3.05, 3.63) is 38.8 Å². The van der Waals surface area contributed by atoms with Gasteiger partial charge < -0.3 is 5.32 Å². The quantitative estimate of drug-likeness (QED) is 0.916. The second-order valence-electron chi connectivity index (χ2n) is 3.59. The molecule has 5 heteroatoms. The number of rotatable bonds is 4. The first kappa shape index (κ1) is 13.0. The van der Waals surface area contributed by atoms with E-state index in [2.05, 4.69) is 26.2 Å². The first-order chi connectivity index (χ1) is 8.20. The number of benzene rings is 1. The SMILES string of the molecule is CNCCc1sc(-c2ccc(Br)cc2)nc1Cl. The summed E-state index contributed by atoms with van der Waals surface area (Å²) in [6, 6.07) is 8.11. The third kappa shape index (κ3) is 3.28. The Morgan fingerprint density at radius 3 is 2.71 bits per heavy atom. The number of nitrogens with zero attached hydrogens (tertiary/aromatic N) is 1. The Bertz CT molecular complexity index is 496. The molecule has 0 aliphatic rings. The Morgan fingerprint density at radius 2 is 2.06 bits per heavy atom. The fourth-order valence-corrected chi connectivity index (χ4v) is 3.01. The molecule has 1 aromatic carbocycles. The van der Waals surface area contributed by atoms with Gasteiger partial charge in [-0.2, -0.15) is 0 Å². The summed E-state index contributed by atoms with van der Waals surface area (Å²) >= 11 is 11.2. The van der Waals surface area contributed by atoms with Crippen molar-refractivity contribution in [3.8, 4) is 10.6 Å². The van der Waals surface area contributed by atoms with E-state index < -0.39 is 0 Å². The van der Waals surface area contributed by atoms with E-state index in [1.807, 2.05) is 31.3 Å². The van der Waals surface area contributed by atoms with Crippen molar-refractivity contribution in [1.29, 1.82) is 0 Å². The molecule has 0 aliphatic carbocycles. The summed E-state index contributed by atoms with van der Waals surface area (Å²) < 4.78 is 1.07. The summed E-state index contributed by atoms with van der Waals surface area (Å²) in [5.74, 6) is 0. The maximum absolute atomic E-state index is 6.12. The zero-order valence-corrected chi connectivity index (χ0v) is 12.5. The zero-order valence-electron chi connectivity index (χ0n) is 9.34. The van der Waals surface area contributed by atoms with Gasteiger partial charge >= 0.3 is 0 Å². The van der Waals surface area contributed by atoms with Gasteiger partial charge in [0.15, 0.2) is 0 Å². The monoisotopic (exact) mass is 330 g/mol. The van der Waals surface area contributed by atoms with Crippen molar-refractivity contribution >= 4 is 38.9 Å². The van der Waals surface area contributed by atoms with Crippen LogP contribution in [0.3, 0.4) is 0 Å². The van der Waals surface area contributed by atoms with Crippen LogP contribution >= 0.6 is 38.9 Å². The lowest BCUT2D eigenvalue weighted by Gasteiger charge is -1.96. The van der Waals surface area contributed by atoms with Crippen molar-refractivity contribution in [2.45, 2.75) is 6.42 Å². The molecule has 0 saturated carbocycles. The molecule has 1 aromatic heterocycles. The highest BCUT2D eigenvalue weighted by Gasteiger charge is 2.10. The molecule has 0 spiro atoms. The van der Waals surface area contributed by atoms with Gasteiger partial charge in [-0.15, -0.1) is 11.3 Å². The second kappa shape index (κ2) is 5.96. The van der Waals surface area contributed by atoms with Gasteiger partial charge in [-0.05, 0) is 32.1 Å². The molecule has 0 bridgehead atoms. The maximum Gasteiger partial charge on any atom is 0.143 e. The largest absolute Gasteiger partial charge is 0.319 e. The summed E-state index contributed by atoms with van der Waals surface area (Å²) in [5, 5.41) is 4.72. The van der Waals surface area contributed by atoms with Crippen LogP contribution in [0.2, 0.25) is 5.15 Å². The number of thiazole rings is 1. The predicted octanol–water partition coefficient (Wildman–Crippen LogP) is 3.99. The Morgan fingerprint density at radius 1 is 1.35 bits per heavy atom. The molecule has 0 radical (unpaired) electrons. The lowest BCUT2D eigenvalue weighted by atomic mass is 10.2. The fraction of sp³-hybridized carbons (Fsp3) is 0.250. The van der Waals surface area contributed by atoms with Crippen LogP contribution in [0.1, 0.15) is 4.88 Å². The lowest BCUT2D eigenvalue weighted by molar-refractivity contribution is 0.798. The van der Waals surface area contributed by atoms with Crippen LogP contribution in [0.15, 0.2) is 28.7 Å². The molecule has 1 N–H and O–H groups in total. The first-order valence-electron chi connectivity index (χ1n) is 5.26. The molecule has 0 fully saturated rings. The number of halogens is 2. The molecular formula is C12H12BrClN2S. The number of hydrogen-bond acceptors (Lipinski definition) is 3. The normalized spacial score (nSPS) is 10.8. The summed E-state index contributed by atoms with van der Waals surface area (Å²) in [7, 11) is 1.94. The van der Waals surface area contributed by atoms with Crippen LogP contribution in [-0.2, 0) is 6.42 Å². The topological polar surface area (TPSA) is 24.9 Å². The Balaban J connectivity index is 2.24. The van der Waals surface area contributed by atoms with Crippen LogP contribution in [0.5, 0.6) is 0 Å². The number of likely N-dealkylation sites (N-methyl/N-ethyl adjacent to an activating group) is 1. The van der Waals surface area contributed by atoms with Gasteiger partial charge in [-0.3, -0.25) is 0 Å². The van der Waals surface area contributed by atoms with E-state index in [1.165, 1.54) is 0 Å². The first-order valence-corrected chi connectivity index (χ1v) is 7.25. The van der Waals surface area contributed by atoms with Crippen LogP contribution in [0, 0.1) is 0 Å². The van der Waals surface area contributed by atoms with Crippen molar-refractivity contribution in [2.75, 3.05) is 13.6 Å². The molecule has 0 aliphatic heterocycles. The van der Waals surface area contributed by atoms with Gasteiger partial charge in [0.2, 0.25) is 0 Å². The highest BCUT2D eigenvalue weighted by Crippen LogP contribution is 2.31. The summed E-state index contributed by atoms with van der Waals surface area (Å²) in [6.07, 6.45) is 0.920. The molecule has 0 atom stereocenters. The van der Waals surface area contributed by atoms with Gasteiger partial charge in [-0.1, -0.05) is 39.7 Å². The van der Waals surface area contributed by atoms with Crippen LogP contribution < -0.4 is 5.32 Å². The summed E-state index contributed by atoms with van der Waals surface area (Å²) in [6.45, 7) is 0.918. The van der Waals surface area contributed by atoms with E-state index in [0.717, 1.165) is 32.9 Å². The predicted molar refractivity (Wildman–Crippen MR) is 77.9 cm³/mol. The molecule has 17 heavy (non-hydrogen) atoms. The molecule has 2 aromatic rings. The number of aromatic nitrogens is 1. The molecule has 0 saturated heterocycles. The summed E-state index contributed by atoms with van der Waals surface area (Å²) in [4.78, 5) is 5.54. The van der Waals surface area contributed by atoms with E-state index in [1.54, 1.807) is 11.3 Å². The van der Waals surface area contributed by atoms with Gasteiger partial charge in [0.1, 0.15) is 10.2 Å². The van der Waals surface area contributed by atoms with E-state index >= 15 is 0 Å². The van der Waals surface area contributed by atoms with Crippen molar-refractivity contribution in [1.82, 2.24) is 10.3 Å². The van der Waals surface area contributed by atoms with Gasteiger partial charge in [-0.25, -0.2) is 4.98 Å². The third-order valence-electron chi connectivity index (χ3n) is 2.34. The van der Waals surface area contributed by atoms with Gasteiger partial charge in [0.25, 0.3) is 0 Å². The standard InChI is InChI=1S/C12H12BrClN2S/c1-15-7-6-10-11(14)16-12(17-10)8-2-4-9(13)5-3-8/h2-5,15H,6-7H2,1H3. The average molecular weight is 332 g/mol. The molecule has 0 amide bonds. The van der Waals surface area contributed by atoms with E-state index in [9.17, 15) is 0 Å². The highest BCUT2D eigenvalue weighted by atomic mass is 79.9. The average Bonchev–Trinajstić information content (AvgIpc) is 2.69. The second-order valence-corrected chi connectivity index (χ2v) is 5.95. The lowest BCUT2D eigenvalue weighted by Crippen LogP contribution is -2.09. The maximum atomic E-state index is 6.12. The molecule has 0 unspecified atom stereocenters. The minimum Gasteiger partial charge on any atom is -0.319 e. The van der Waals surface area contributed by atoms with Crippen LogP contribution in [-0.4, -0.2) is 18.6 Å². The van der Waals surface area contributed by atoms with Gasteiger partial charge in [0.05, 0.1) is 0 Å². The van der Waals surface area contributed by atoms with E-state index in [0.29, 0.717) is 5.15 Å². The Labute approximate surface area is 118 Å². The minimum atomic E-state index is 0.628. The zero-order chi connectivity index (χ0) is 12.3. The van der Waals surface area contributed by atoms with Crippen molar-refractivity contribution in [2.24, 2.45) is 0 Å². The molecule has 1 heterocycles. The molecule has 90 valence electrons. The van der Waals surface area contributed by atoms with Crippen molar-refractivity contribution in [3.63, 3.8) is 0 Å². The van der Waals surface area contributed by atoms with Crippen LogP contribution in [0.25, 0.3) is 10.6 Å². The molecular weight excluding hydrogens is 320 g/mol. The summed E-state index contributed by atoms with van der Waals surface area (Å²) in [5.41, 5.74) is 1.11. The highest BCUT2D eigenvalue weighted by molar-refractivity contribution is 9.10. The number of nitrogens with one attached hydrogen (secondary N) is 1. The molecule has 2 rings (SSSR count). The molecule has 2 nitrogen and oxygen atoms in total. The number of hydrogen-bond donors (Lipinski definition) is 1. The fourth-order valence-electron chi connectivity index (χ4n) is 1.44. The Hall–Kier alpha value is -0.420. The third-order valence-corrected chi connectivity index (χ3v) is 4.46. The van der Waals surface area contributed by atoms with Crippen LogP contribution in [0.4, 0.5) is 0 Å². The van der Waals surface area contributed by atoms with E-state index in [-0.39, 0.29) is 0 Å². The van der Waals surface area contributed by atoms with Crippen molar-refractivity contribution < 1.29 is 0 Å². The minimum absolute atomic E-state index is 0.628. The van der Waals surface area contributed by atoms with E-state index in [4.69, 9.17) is 11.6 Å². The smallest absolute Gasteiger partial charge is 0.143 e. The van der Waals surface area contributed by atoms with Gasteiger partial charge in [0, 0.05) is 14.9 Å². The Kier molecular flexibility index (Phi) is 4.56.